The monoisotopic (exact) mass is 287 g/mol. The summed E-state index contributed by atoms with van der Waals surface area (Å²) in [6.07, 6.45) is 0. The Morgan fingerprint density at radius 2 is 1.65 bits per heavy atom. The van der Waals surface area contributed by atoms with Crippen LogP contribution in [0, 0.1) is 6.92 Å². The van der Waals surface area contributed by atoms with Crippen LogP contribution in [-0.4, -0.2) is 56.5 Å². The summed E-state index contributed by atoms with van der Waals surface area (Å²) in [5, 5.41) is 4.28. The van der Waals surface area contributed by atoms with Crippen LogP contribution in [0.5, 0.6) is 5.88 Å². The number of nitrogens with two attached hydrogens (primary N) is 1. The minimum atomic E-state index is 0.438. The average molecular weight is 287 g/mol. The van der Waals surface area contributed by atoms with Gasteiger partial charge in [0.1, 0.15) is 12.3 Å². The summed E-state index contributed by atoms with van der Waals surface area (Å²) in [6, 6.07) is 0. The van der Waals surface area contributed by atoms with Crippen LogP contribution in [0.15, 0.2) is 0 Å². The zero-order valence-corrected chi connectivity index (χ0v) is 12.6. The Morgan fingerprint density at radius 1 is 1.05 bits per heavy atom. The Bertz CT molecular complexity index is 382. The maximum Gasteiger partial charge on any atom is 0.236 e. The molecule has 116 valence electrons. The first-order valence-corrected chi connectivity index (χ1v) is 6.80. The van der Waals surface area contributed by atoms with Crippen molar-refractivity contribution < 1.29 is 18.9 Å². The smallest absolute Gasteiger partial charge is 0.236 e. The number of anilines is 1. The van der Waals surface area contributed by atoms with Crippen molar-refractivity contribution in [2.24, 2.45) is 0 Å². The van der Waals surface area contributed by atoms with E-state index in [9.17, 15) is 0 Å². The van der Waals surface area contributed by atoms with E-state index in [0.717, 1.165) is 12.2 Å². The van der Waals surface area contributed by atoms with Crippen molar-refractivity contribution in [2.45, 2.75) is 20.4 Å². The summed E-state index contributed by atoms with van der Waals surface area (Å²) in [5.74, 6) is 0.616. The lowest BCUT2D eigenvalue weighted by Gasteiger charge is -2.09. The van der Waals surface area contributed by atoms with Gasteiger partial charge >= 0.3 is 0 Å². The highest BCUT2D eigenvalue weighted by molar-refractivity contribution is 5.52. The first-order chi connectivity index (χ1) is 9.70. The normalized spacial score (nSPS) is 10.9. The van der Waals surface area contributed by atoms with Crippen molar-refractivity contribution in [1.29, 1.82) is 0 Å². The second kappa shape index (κ2) is 9.57. The molecule has 0 fully saturated rings. The molecular formula is C13H25N3O4. The Balaban J connectivity index is 2.12. The third-order valence-corrected chi connectivity index (χ3v) is 2.70. The highest BCUT2D eigenvalue weighted by Crippen LogP contribution is 2.24. The van der Waals surface area contributed by atoms with E-state index < -0.39 is 0 Å². The van der Waals surface area contributed by atoms with Crippen LogP contribution in [0.1, 0.15) is 12.6 Å². The lowest BCUT2D eigenvalue weighted by atomic mass is 10.4. The van der Waals surface area contributed by atoms with Gasteiger partial charge in [-0.3, -0.25) is 0 Å². The van der Waals surface area contributed by atoms with E-state index in [1.165, 1.54) is 0 Å². The first kappa shape index (κ1) is 16.7. The predicted molar refractivity (Wildman–Crippen MR) is 76.1 cm³/mol. The third kappa shape index (κ3) is 5.36. The first-order valence-electron chi connectivity index (χ1n) is 6.80. The van der Waals surface area contributed by atoms with Gasteiger partial charge in [0.2, 0.25) is 5.88 Å². The average Bonchev–Trinajstić information content (AvgIpc) is 2.73. The molecule has 0 amide bonds. The molecule has 0 unspecified atom stereocenters. The van der Waals surface area contributed by atoms with Crippen molar-refractivity contribution in [3.63, 3.8) is 0 Å². The maximum absolute atomic E-state index is 5.91. The minimum absolute atomic E-state index is 0.438. The molecule has 0 bridgehead atoms. The van der Waals surface area contributed by atoms with Gasteiger partial charge in [-0.25, -0.2) is 4.68 Å². The van der Waals surface area contributed by atoms with Crippen LogP contribution in [-0.2, 0) is 20.8 Å². The van der Waals surface area contributed by atoms with Gasteiger partial charge in [0.25, 0.3) is 0 Å². The van der Waals surface area contributed by atoms with Crippen LogP contribution < -0.4 is 10.5 Å². The molecule has 0 aliphatic rings. The van der Waals surface area contributed by atoms with Crippen LogP contribution in [0.4, 0.5) is 5.69 Å². The highest BCUT2D eigenvalue weighted by atomic mass is 16.6. The summed E-state index contributed by atoms with van der Waals surface area (Å²) in [5.41, 5.74) is 7.29. The Morgan fingerprint density at radius 3 is 2.25 bits per heavy atom. The van der Waals surface area contributed by atoms with Gasteiger partial charge in [-0.2, -0.15) is 5.10 Å². The quantitative estimate of drug-likeness (QED) is 0.608. The van der Waals surface area contributed by atoms with E-state index >= 15 is 0 Å². The molecule has 20 heavy (non-hydrogen) atoms. The molecule has 7 heteroatoms. The summed E-state index contributed by atoms with van der Waals surface area (Å²) < 4.78 is 22.9. The number of hydrogen-bond donors (Lipinski definition) is 1. The molecule has 1 rings (SSSR count). The number of methoxy groups -OCH3 is 1. The summed E-state index contributed by atoms with van der Waals surface area (Å²) in [6.45, 7) is 7.78. The molecular weight excluding hydrogens is 262 g/mol. The molecule has 1 aromatic heterocycles. The zero-order chi connectivity index (χ0) is 14.8. The highest BCUT2D eigenvalue weighted by Gasteiger charge is 2.12. The molecule has 0 saturated carbocycles. The number of ether oxygens (including phenoxy) is 4. The van der Waals surface area contributed by atoms with E-state index in [2.05, 4.69) is 5.10 Å². The second-order valence-corrected chi connectivity index (χ2v) is 4.19. The van der Waals surface area contributed by atoms with Crippen LogP contribution in [0.2, 0.25) is 0 Å². The molecule has 0 aliphatic carbocycles. The van der Waals surface area contributed by atoms with Crippen molar-refractivity contribution in [1.82, 2.24) is 9.78 Å². The largest absolute Gasteiger partial charge is 0.474 e. The molecule has 0 spiro atoms. The summed E-state index contributed by atoms with van der Waals surface area (Å²) in [7, 11) is 1.64. The Kier molecular flexibility index (Phi) is 8.01. The van der Waals surface area contributed by atoms with Crippen molar-refractivity contribution in [3.8, 4) is 5.88 Å². The third-order valence-electron chi connectivity index (χ3n) is 2.70. The van der Waals surface area contributed by atoms with Gasteiger partial charge in [-0.15, -0.1) is 0 Å². The molecule has 1 heterocycles. The number of rotatable bonds is 11. The molecule has 0 aliphatic heterocycles. The van der Waals surface area contributed by atoms with Gasteiger partial charge in [0.15, 0.2) is 0 Å². The topological polar surface area (TPSA) is 80.8 Å². The molecule has 1 aromatic rings. The van der Waals surface area contributed by atoms with E-state index in [1.807, 2.05) is 13.8 Å². The van der Waals surface area contributed by atoms with E-state index in [4.69, 9.17) is 24.7 Å². The summed E-state index contributed by atoms with van der Waals surface area (Å²) in [4.78, 5) is 0. The van der Waals surface area contributed by atoms with E-state index in [1.54, 1.807) is 11.8 Å². The lowest BCUT2D eigenvalue weighted by molar-refractivity contribution is 0.0174. The zero-order valence-electron chi connectivity index (χ0n) is 12.6. The molecule has 0 atom stereocenters. The van der Waals surface area contributed by atoms with Gasteiger partial charge in [0.05, 0.1) is 38.7 Å². The number of aryl methyl sites for hydroxylation is 2. The maximum atomic E-state index is 5.91. The minimum Gasteiger partial charge on any atom is -0.474 e. The van der Waals surface area contributed by atoms with Crippen LogP contribution in [0.3, 0.4) is 0 Å². The van der Waals surface area contributed by atoms with Crippen LogP contribution >= 0.6 is 0 Å². The number of aromatic nitrogens is 2. The molecule has 7 nitrogen and oxygen atoms in total. The van der Waals surface area contributed by atoms with Gasteiger partial charge < -0.3 is 24.7 Å². The fraction of sp³-hybridized carbons (Fsp3) is 0.769. The van der Waals surface area contributed by atoms with Crippen molar-refractivity contribution >= 4 is 5.69 Å². The fourth-order valence-corrected chi connectivity index (χ4v) is 1.60. The number of hydrogen-bond acceptors (Lipinski definition) is 6. The van der Waals surface area contributed by atoms with Crippen molar-refractivity contribution in [2.75, 3.05) is 52.5 Å². The SMILES string of the molecule is CCn1nc(C)c(N)c1OCCOCCOCCOC. The molecule has 2 N–H and O–H groups in total. The molecule has 0 aromatic carbocycles. The molecule has 0 saturated heterocycles. The number of nitrogen functional groups attached to an aromatic ring is 1. The Labute approximate surface area is 119 Å². The predicted octanol–water partition coefficient (Wildman–Crippen LogP) is 0.852. The van der Waals surface area contributed by atoms with E-state index in [0.29, 0.717) is 51.2 Å². The van der Waals surface area contributed by atoms with Gasteiger partial charge in [0, 0.05) is 13.7 Å². The van der Waals surface area contributed by atoms with E-state index in [-0.39, 0.29) is 0 Å². The summed E-state index contributed by atoms with van der Waals surface area (Å²) >= 11 is 0. The molecule has 0 radical (unpaired) electrons. The second-order valence-electron chi connectivity index (χ2n) is 4.19. The fourth-order valence-electron chi connectivity index (χ4n) is 1.60. The number of nitrogens with zero attached hydrogens (tertiary/aromatic N) is 2. The van der Waals surface area contributed by atoms with Crippen molar-refractivity contribution in [3.05, 3.63) is 5.69 Å². The standard InChI is InChI=1S/C13H25N3O4/c1-4-16-13(12(14)11(2)15-16)20-10-9-19-8-7-18-6-5-17-3/h4-10,14H2,1-3H3. The Hall–Kier alpha value is -1.31. The van der Waals surface area contributed by atoms with Gasteiger partial charge in [-0.05, 0) is 13.8 Å². The lowest BCUT2D eigenvalue weighted by Crippen LogP contribution is -2.14. The van der Waals surface area contributed by atoms with Gasteiger partial charge in [-0.1, -0.05) is 0 Å². The van der Waals surface area contributed by atoms with Crippen LogP contribution in [0.25, 0.3) is 0 Å².